The van der Waals surface area contributed by atoms with Gasteiger partial charge in [-0.15, -0.1) is 5.10 Å². The molecule has 6 rings (SSSR count). The van der Waals surface area contributed by atoms with Gasteiger partial charge < -0.3 is 9.64 Å². The number of methoxy groups -OCH3 is 1. The van der Waals surface area contributed by atoms with E-state index < -0.39 is 12.0 Å². The third-order valence-electron chi connectivity index (χ3n) is 8.85. The first-order valence-corrected chi connectivity index (χ1v) is 15.2. The second-order valence-corrected chi connectivity index (χ2v) is 11.6. The molecule has 2 fully saturated rings. The second-order valence-electron chi connectivity index (χ2n) is 11.6. The molecule has 0 radical (unpaired) electrons. The van der Waals surface area contributed by atoms with E-state index in [4.69, 9.17) is 4.74 Å². The van der Waals surface area contributed by atoms with Gasteiger partial charge in [-0.25, -0.2) is 0 Å². The van der Waals surface area contributed by atoms with Crippen molar-refractivity contribution in [3.8, 4) is 11.4 Å². The zero-order chi connectivity index (χ0) is 31.6. The zero-order valence-corrected chi connectivity index (χ0v) is 25.3. The lowest BCUT2D eigenvalue weighted by Gasteiger charge is -2.53. The third-order valence-corrected chi connectivity index (χ3v) is 8.85. The number of benzene rings is 3. The van der Waals surface area contributed by atoms with Gasteiger partial charge in [-0.05, 0) is 39.8 Å². The fourth-order valence-corrected chi connectivity index (χ4v) is 6.84. The number of alkyl halides is 3. The summed E-state index contributed by atoms with van der Waals surface area (Å²) in [5.74, 6) is -0.422. The summed E-state index contributed by atoms with van der Waals surface area (Å²) in [5.41, 5.74) is 3.33. The Morgan fingerprint density at radius 1 is 0.956 bits per heavy atom. The standard InChI is InChI=1S/C33H36F3N7O2/c1-3-30(44)41-16-17-42-27(21-41)20-40(22-28(42)31(23-10-6-4-7-11-23)24-12-8-5-9-13-24)19-25-18-26(14-15-29(25)45-2)43-32(33(34,35)36)37-38-39-43/h4-15,18,27-28,31H,3,16-17,19-22H2,1-2H3. The van der Waals surface area contributed by atoms with Crippen LogP contribution in [0, 0.1) is 0 Å². The van der Waals surface area contributed by atoms with Crippen molar-refractivity contribution >= 4 is 5.91 Å². The molecule has 0 N–H and O–H groups in total. The van der Waals surface area contributed by atoms with Crippen molar-refractivity contribution in [1.29, 1.82) is 0 Å². The van der Waals surface area contributed by atoms with Gasteiger partial charge in [-0.1, -0.05) is 67.6 Å². The van der Waals surface area contributed by atoms with E-state index in [2.05, 4.69) is 73.9 Å². The van der Waals surface area contributed by atoms with E-state index in [0.29, 0.717) is 49.6 Å². The van der Waals surface area contributed by atoms with Crippen molar-refractivity contribution in [2.24, 2.45) is 0 Å². The second kappa shape index (κ2) is 13.0. The quantitative estimate of drug-likeness (QED) is 0.285. The lowest BCUT2D eigenvalue weighted by Crippen LogP contribution is -2.67. The number of hydrogen-bond acceptors (Lipinski definition) is 7. The number of ether oxygens (including phenoxy) is 1. The van der Waals surface area contributed by atoms with Crippen LogP contribution in [0.1, 0.15) is 41.8 Å². The molecule has 1 amide bonds. The van der Waals surface area contributed by atoms with Gasteiger partial charge in [0.15, 0.2) is 0 Å². The van der Waals surface area contributed by atoms with Crippen molar-refractivity contribution in [1.82, 2.24) is 34.9 Å². The number of rotatable bonds is 8. The van der Waals surface area contributed by atoms with Crippen LogP contribution in [0.15, 0.2) is 78.9 Å². The molecular weight excluding hydrogens is 583 g/mol. The minimum absolute atomic E-state index is 0.0647. The van der Waals surface area contributed by atoms with Crippen LogP contribution in [-0.2, 0) is 17.5 Å². The first-order valence-electron chi connectivity index (χ1n) is 15.2. The van der Waals surface area contributed by atoms with Crippen LogP contribution in [-0.4, -0.2) is 92.7 Å². The molecule has 12 heteroatoms. The Kier molecular flexibility index (Phi) is 8.86. The fourth-order valence-electron chi connectivity index (χ4n) is 6.84. The number of nitrogens with zero attached hydrogens (tertiary/aromatic N) is 7. The van der Waals surface area contributed by atoms with Gasteiger partial charge in [0.05, 0.1) is 12.8 Å². The molecule has 4 aromatic rings. The summed E-state index contributed by atoms with van der Waals surface area (Å²) in [6, 6.07) is 25.9. The summed E-state index contributed by atoms with van der Waals surface area (Å²) in [6.45, 7) is 5.78. The Morgan fingerprint density at radius 2 is 1.64 bits per heavy atom. The minimum atomic E-state index is -4.71. The lowest BCUT2D eigenvalue weighted by atomic mass is 9.81. The molecule has 2 atom stereocenters. The Bertz CT molecular complexity index is 1560. The van der Waals surface area contributed by atoms with Gasteiger partial charge in [-0.2, -0.15) is 17.9 Å². The topological polar surface area (TPSA) is 79.6 Å². The Balaban J connectivity index is 1.37. The summed E-state index contributed by atoms with van der Waals surface area (Å²) in [7, 11) is 1.55. The highest BCUT2D eigenvalue weighted by Crippen LogP contribution is 2.37. The van der Waals surface area contributed by atoms with Crippen LogP contribution >= 0.6 is 0 Å². The highest BCUT2D eigenvalue weighted by molar-refractivity contribution is 5.76. The first-order chi connectivity index (χ1) is 21.8. The molecule has 1 aromatic heterocycles. The molecule has 3 heterocycles. The molecule has 2 aliphatic heterocycles. The molecule has 0 saturated carbocycles. The SMILES string of the molecule is CCC(=O)N1CCN2C(CN(Cc3cc(-n4nnnc4C(F)(F)F)ccc3OC)CC2C(c2ccccc2)c2ccccc2)C1. The molecule has 45 heavy (non-hydrogen) atoms. The van der Waals surface area contributed by atoms with Crippen LogP contribution in [0.25, 0.3) is 5.69 Å². The molecule has 3 aromatic carbocycles. The van der Waals surface area contributed by atoms with Crippen molar-refractivity contribution in [3.63, 3.8) is 0 Å². The van der Waals surface area contributed by atoms with Crippen molar-refractivity contribution in [2.45, 2.75) is 44.1 Å². The molecule has 236 valence electrons. The number of piperazine rings is 2. The number of tetrazole rings is 1. The summed E-state index contributed by atoms with van der Waals surface area (Å²) in [5, 5.41) is 10.1. The smallest absolute Gasteiger partial charge is 0.453 e. The molecule has 0 aliphatic carbocycles. The van der Waals surface area contributed by atoms with Crippen LogP contribution in [0.3, 0.4) is 0 Å². The maximum atomic E-state index is 13.6. The van der Waals surface area contributed by atoms with Crippen molar-refractivity contribution in [2.75, 3.05) is 39.8 Å². The summed E-state index contributed by atoms with van der Waals surface area (Å²) in [6.07, 6.45) is -4.25. The highest BCUT2D eigenvalue weighted by Gasteiger charge is 2.43. The van der Waals surface area contributed by atoms with Gasteiger partial charge in [0.1, 0.15) is 5.75 Å². The molecule has 2 unspecified atom stereocenters. The average molecular weight is 620 g/mol. The number of halogens is 3. The van der Waals surface area contributed by atoms with Crippen molar-refractivity contribution < 1.29 is 22.7 Å². The third kappa shape index (κ3) is 6.43. The maximum absolute atomic E-state index is 13.6. The molecule has 2 aliphatic rings. The largest absolute Gasteiger partial charge is 0.496 e. The zero-order valence-electron chi connectivity index (χ0n) is 25.3. The molecule has 0 bridgehead atoms. The number of amides is 1. The Labute approximate surface area is 260 Å². The van der Waals surface area contributed by atoms with E-state index in [9.17, 15) is 18.0 Å². The monoisotopic (exact) mass is 619 g/mol. The summed E-state index contributed by atoms with van der Waals surface area (Å²) < 4.78 is 47.3. The lowest BCUT2D eigenvalue weighted by molar-refractivity contribution is -0.146. The Hall–Kier alpha value is -4.29. The normalized spacial score (nSPS) is 19.5. The van der Waals surface area contributed by atoms with Crippen LogP contribution in [0.5, 0.6) is 5.75 Å². The van der Waals surface area contributed by atoms with E-state index in [1.54, 1.807) is 19.2 Å². The predicted octanol–water partition coefficient (Wildman–Crippen LogP) is 4.63. The molecule has 0 spiro atoms. The average Bonchev–Trinajstić information content (AvgIpc) is 3.57. The summed E-state index contributed by atoms with van der Waals surface area (Å²) >= 11 is 0. The van der Waals surface area contributed by atoms with E-state index in [1.807, 2.05) is 24.0 Å². The number of fused-ring (bicyclic) bond motifs is 1. The van der Waals surface area contributed by atoms with Crippen LogP contribution in [0.4, 0.5) is 13.2 Å². The number of carbonyl (C=O) groups is 1. The van der Waals surface area contributed by atoms with E-state index in [1.165, 1.54) is 17.2 Å². The van der Waals surface area contributed by atoms with Gasteiger partial charge in [-0.3, -0.25) is 14.6 Å². The predicted molar refractivity (Wildman–Crippen MR) is 162 cm³/mol. The van der Waals surface area contributed by atoms with Crippen LogP contribution < -0.4 is 4.74 Å². The number of hydrogen-bond donors (Lipinski definition) is 0. The summed E-state index contributed by atoms with van der Waals surface area (Å²) in [4.78, 5) is 19.6. The number of aromatic nitrogens is 4. The van der Waals surface area contributed by atoms with Gasteiger partial charge in [0.25, 0.3) is 5.82 Å². The van der Waals surface area contributed by atoms with Gasteiger partial charge in [0.2, 0.25) is 5.91 Å². The molecular formula is C33H36F3N7O2. The van der Waals surface area contributed by atoms with E-state index in [-0.39, 0.29) is 29.6 Å². The van der Waals surface area contributed by atoms with E-state index >= 15 is 0 Å². The van der Waals surface area contributed by atoms with Gasteiger partial charge in [0, 0.05) is 69.3 Å². The number of carbonyl (C=O) groups excluding carboxylic acids is 1. The van der Waals surface area contributed by atoms with Crippen LogP contribution in [0.2, 0.25) is 0 Å². The molecule has 2 saturated heterocycles. The Morgan fingerprint density at radius 3 is 2.27 bits per heavy atom. The maximum Gasteiger partial charge on any atom is 0.453 e. The van der Waals surface area contributed by atoms with Gasteiger partial charge >= 0.3 is 6.18 Å². The first kappa shape index (κ1) is 30.7. The molecule has 9 nitrogen and oxygen atoms in total. The van der Waals surface area contributed by atoms with E-state index in [0.717, 1.165) is 12.1 Å². The fraction of sp³-hybridized carbons (Fsp3) is 0.394. The minimum Gasteiger partial charge on any atom is -0.496 e. The highest BCUT2D eigenvalue weighted by atomic mass is 19.4. The van der Waals surface area contributed by atoms with Crippen molar-refractivity contribution in [3.05, 3.63) is 101 Å².